The van der Waals surface area contributed by atoms with Crippen LogP contribution in [-0.2, 0) is 0 Å². The summed E-state index contributed by atoms with van der Waals surface area (Å²) in [5, 5.41) is 0. The summed E-state index contributed by atoms with van der Waals surface area (Å²) in [6, 6.07) is 0. The van der Waals surface area contributed by atoms with Gasteiger partial charge in [-0.3, -0.25) is 0 Å². The van der Waals surface area contributed by atoms with Gasteiger partial charge in [-0.25, -0.2) is 0 Å². The molecule has 0 unspecified atom stereocenters. The molecule has 0 aliphatic heterocycles. The number of rotatable bonds is 0. The van der Waals surface area contributed by atoms with E-state index in [4.69, 9.17) is 0 Å². The Hall–Kier alpha value is -0.640. The van der Waals surface area contributed by atoms with Crippen molar-refractivity contribution in [3.05, 3.63) is 23.8 Å². The quantitative estimate of drug-likeness (QED) is 0.512. The van der Waals surface area contributed by atoms with Crippen LogP contribution in [0.1, 0.15) is 6.42 Å². The minimum Gasteiger partial charge on any atom is -0.166 e. The topological polar surface area (TPSA) is 0 Å². The molecule has 0 amide bonds. The van der Waals surface area contributed by atoms with Crippen molar-refractivity contribution < 1.29 is 13.2 Å². The van der Waals surface area contributed by atoms with Crippen LogP contribution in [0.3, 0.4) is 0 Å². The summed E-state index contributed by atoms with van der Waals surface area (Å²) >= 11 is 4.57. The summed E-state index contributed by atoms with van der Waals surface area (Å²) in [5.74, 6) is 0. The summed E-state index contributed by atoms with van der Waals surface area (Å²) in [5.41, 5.74) is -0.596. The zero-order valence-corrected chi connectivity index (χ0v) is 6.22. The Morgan fingerprint density at radius 3 is 2.45 bits per heavy atom. The van der Waals surface area contributed by atoms with Gasteiger partial charge in [-0.1, -0.05) is 24.4 Å². The van der Waals surface area contributed by atoms with E-state index in [1.165, 1.54) is 6.08 Å². The number of halogens is 3. The van der Waals surface area contributed by atoms with E-state index in [0.717, 1.165) is 6.08 Å². The van der Waals surface area contributed by atoms with Crippen LogP contribution < -0.4 is 0 Å². The second kappa shape index (κ2) is 2.77. The molecule has 0 fully saturated rings. The van der Waals surface area contributed by atoms with Crippen LogP contribution in [0, 0.1) is 6.08 Å². The molecule has 0 heterocycles. The second-order valence-electron chi connectivity index (χ2n) is 2.10. The number of thiocarbonyl (C=S) groups is 1. The van der Waals surface area contributed by atoms with Crippen molar-refractivity contribution >= 4 is 17.1 Å². The molecule has 1 aliphatic rings. The summed E-state index contributed by atoms with van der Waals surface area (Å²) < 4.78 is 35.8. The third kappa shape index (κ3) is 2.15. The van der Waals surface area contributed by atoms with Crippen molar-refractivity contribution in [3.8, 4) is 0 Å². The summed E-state index contributed by atoms with van der Waals surface area (Å²) in [4.78, 5) is 0.208. The minimum atomic E-state index is -4.25. The van der Waals surface area contributed by atoms with Gasteiger partial charge in [-0.05, 0) is 6.08 Å². The smallest absolute Gasteiger partial charge is 0.166 e. The molecular weight excluding hydrogens is 173 g/mol. The highest BCUT2D eigenvalue weighted by atomic mass is 32.1. The molecule has 0 atom stereocenters. The van der Waals surface area contributed by atoms with E-state index >= 15 is 0 Å². The molecule has 0 bridgehead atoms. The van der Waals surface area contributed by atoms with E-state index in [0.29, 0.717) is 0 Å². The van der Waals surface area contributed by atoms with Gasteiger partial charge >= 0.3 is 6.18 Å². The van der Waals surface area contributed by atoms with Crippen LogP contribution in [0.2, 0.25) is 0 Å². The Bertz CT molecular complexity index is 235. The Labute approximate surface area is 67.4 Å². The van der Waals surface area contributed by atoms with Crippen LogP contribution in [0.25, 0.3) is 0 Å². The molecule has 1 aliphatic carbocycles. The summed E-state index contributed by atoms with van der Waals surface area (Å²) in [6.07, 6.45) is 0.253. The fourth-order valence-electron chi connectivity index (χ4n) is 0.713. The SMILES string of the molecule is FC(F)(F)C1=CC=[C]C(=S)C1. The highest BCUT2D eigenvalue weighted by Gasteiger charge is 2.33. The van der Waals surface area contributed by atoms with Crippen LogP contribution in [0.4, 0.5) is 13.2 Å². The lowest BCUT2D eigenvalue weighted by atomic mass is 10.1. The van der Waals surface area contributed by atoms with Gasteiger partial charge in [0.25, 0.3) is 0 Å². The van der Waals surface area contributed by atoms with Crippen molar-refractivity contribution in [2.24, 2.45) is 0 Å². The van der Waals surface area contributed by atoms with Crippen molar-refractivity contribution in [1.82, 2.24) is 0 Å². The zero-order valence-electron chi connectivity index (χ0n) is 5.40. The Kier molecular flexibility index (Phi) is 2.13. The zero-order chi connectivity index (χ0) is 8.48. The fourth-order valence-corrected chi connectivity index (χ4v) is 0.936. The van der Waals surface area contributed by atoms with E-state index in [1.54, 1.807) is 0 Å². The molecule has 0 saturated heterocycles. The Morgan fingerprint density at radius 1 is 1.45 bits per heavy atom. The van der Waals surface area contributed by atoms with Crippen LogP contribution >= 0.6 is 12.2 Å². The first-order chi connectivity index (χ1) is 5.00. The molecule has 0 nitrogen and oxygen atoms in total. The fraction of sp³-hybridized carbons (Fsp3) is 0.286. The van der Waals surface area contributed by atoms with Crippen molar-refractivity contribution in [1.29, 1.82) is 0 Å². The highest BCUT2D eigenvalue weighted by molar-refractivity contribution is 7.80. The molecule has 1 radical (unpaired) electrons. The average molecular weight is 177 g/mol. The summed E-state index contributed by atoms with van der Waals surface area (Å²) in [6.45, 7) is 0. The molecule has 11 heavy (non-hydrogen) atoms. The number of hydrogen-bond donors (Lipinski definition) is 0. The highest BCUT2D eigenvalue weighted by Crippen LogP contribution is 2.29. The molecule has 0 aromatic heterocycles. The monoisotopic (exact) mass is 177 g/mol. The van der Waals surface area contributed by atoms with E-state index in [2.05, 4.69) is 18.3 Å². The van der Waals surface area contributed by atoms with Gasteiger partial charge < -0.3 is 0 Å². The molecule has 0 aromatic carbocycles. The lowest BCUT2D eigenvalue weighted by Gasteiger charge is -2.12. The minimum absolute atomic E-state index is 0.208. The molecule has 0 aromatic rings. The van der Waals surface area contributed by atoms with Crippen LogP contribution in [0.15, 0.2) is 17.7 Å². The second-order valence-corrected chi connectivity index (χ2v) is 2.59. The first-order valence-corrected chi connectivity index (χ1v) is 3.30. The van der Waals surface area contributed by atoms with E-state index in [9.17, 15) is 13.2 Å². The average Bonchev–Trinajstić information content (AvgIpc) is 1.86. The van der Waals surface area contributed by atoms with E-state index in [-0.39, 0.29) is 11.3 Å². The van der Waals surface area contributed by atoms with Gasteiger partial charge in [0.15, 0.2) is 0 Å². The Balaban J connectivity index is 2.83. The van der Waals surface area contributed by atoms with Crippen molar-refractivity contribution in [2.45, 2.75) is 12.6 Å². The number of alkyl halides is 3. The van der Waals surface area contributed by atoms with Crippen LogP contribution in [-0.4, -0.2) is 11.0 Å². The van der Waals surface area contributed by atoms with E-state index in [1.807, 2.05) is 0 Å². The van der Waals surface area contributed by atoms with Crippen LogP contribution in [0.5, 0.6) is 0 Å². The Morgan fingerprint density at radius 2 is 2.09 bits per heavy atom. The maximum atomic E-state index is 11.9. The van der Waals surface area contributed by atoms with Gasteiger partial charge in [0.2, 0.25) is 0 Å². The predicted molar refractivity (Wildman–Crippen MR) is 39.2 cm³/mol. The molecule has 1 rings (SSSR count). The van der Waals surface area contributed by atoms with E-state index < -0.39 is 11.7 Å². The van der Waals surface area contributed by atoms with Gasteiger partial charge in [-0.2, -0.15) is 13.2 Å². The van der Waals surface area contributed by atoms with Crippen molar-refractivity contribution in [3.63, 3.8) is 0 Å². The number of allylic oxidation sites excluding steroid dienone is 4. The first kappa shape index (κ1) is 8.46. The molecule has 0 saturated carbocycles. The number of hydrogen-bond acceptors (Lipinski definition) is 1. The largest absolute Gasteiger partial charge is 0.413 e. The molecule has 4 heteroatoms. The third-order valence-corrected chi connectivity index (χ3v) is 1.51. The van der Waals surface area contributed by atoms with Gasteiger partial charge in [0.1, 0.15) is 0 Å². The molecular formula is C7H4F3S. The normalized spacial score (nSPS) is 18.5. The maximum absolute atomic E-state index is 11.9. The molecule has 0 N–H and O–H groups in total. The van der Waals surface area contributed by atoms with Gasteiger partial charge in [-0.15, -0.1) is 0 Å². The lowest BCUT2D eigenvalue weighted by Crippen LogP contribution is -2.15. The van der Waals surface area contributed by atoms with Crippen molar-refractivity contribution in [2.75, 3.05) is 0 Å². The predicted octanol–water partition coefficient (Wildman–Crippen LogP) is 2.61. The first-order valence-electron chi connectivity index (χ1n) is 2.89. The third-order valence-electron chi connectivity index (χ3n) is 1.24. The molecule has 0 spiro atoms. The summed E-state index contributed by atoms with van der Waals surface area (Å²) in [7, 11) is 0. The standard InChI is InChI=1S/C7H4F3S/c8-7(9,10)5-2-1-3-6(11)4-5/h1-2H,4H2. The maximum Gasteiger partial charge on any atom is 0.413 e. The molecule has 59 valence electrons. The lowest BCUT2D eigenvalue weighted by molar-refractivity contribution is -0.0925. The van der Waals surface area contributed by atoms with Gasteiger partial charge in [0, 0.05) is 16.9 Å². The van der Waals surface area contributed by atoms with Gasteiger partial charge in [0.05, 0.1) is 0 Å².